The van der Waals surface area contributed by atoms with E-state index in [2.05, 4.69) is 20.6 Å². The SMILES string of the molecule is CCc1ccc(/C=N/n2nnnc2N)cc1[N+](=O)[O-]. The predicted octanol–water partition coefficient (Wildman–Crippen LogP) is 0.608. The molecule has 98 valence electrons. The van der Waals surface area contributed by atoms with Crippen molar-refractivity contribution in [2.24, 2.45) is 5.10 Å². The van der Waals surface area contributed by atoms with Gasteiger partial charge in [-0.1, -0.05) is 28.9 Å². The fraction of sp³-hybridized carbons (Fsp3) is 0.200. The third kappa shape index (κ3) is 2.70. The van der Waals surface area contributed by atoms with E-state index in [9.17, 15) is 10.1 Å². The van der Waals surface area contributed by atoms with Gasteiger partial charge in [-0.15, -0.1) is 0 Å². The average molecular weight is 261 g/mol. The van der Waals surface area contributed by atoms with E-state index < -0.39 is 4.92 Å². The lowest BCUT2D eigenvalue weighted by atomic mass is 10.1. The van der Waals surface area contributed by atoms with Gasteiger partial charge in [-0.05, 0) is 16.8 Å². The maximum Gasteiger partial charge on any atom is 0.273 e. The summed E-state index contributed by atoms with van der Waals surface area (Å²) in [6, 6.07) is 4.88. The summed E-state index contributed by atoms with van der Waals surface area (Å²) in [6.45, 7) is 1.86. The molecule has 9 heteroatoms. The molecule has 0 aliphatic rings. The molecule has 0 fully saturated rings. The molecule has 19 heavy (non-hydrogen) atoms. The first-order chi connectivity index (χ1) is 9.11. The molecule has 1 aromatic carbocycles. The van der Waals surface area contributed by atoms with Crippen molar-refractivity contribution in [3.63, 3.8) is 0 Å². The van der Waals surface area contributed by atoms with Gasteiger partial charge in [-0.2, -0.15) is 5.10 Å². The van der Waals surface area contributed by atoms with Crippen LogP contribution in [0, 0.1) is 10.1 Å². The molecule has 1 heterocycles. The van der Waals surface area contributed by atoms with Gasteiger partial charge in [0, 0.05) is 17.2 Å². The number of aryl methyl sites for hydroxylation is 1. The Hall–Kier alpha value is -2.84. The Balaban J connectivity index is 2.31. The fourth-order valence-corrected chi connectivity index (χ4v) is 1.52. The number of anilines is 1. The lowest BCUT2D eigenvalue weighted by Gasteiger charge is -2.00. The van der Waals surface area contributed by atoms with Gasteiger partial charge >= 0.3 is 0 Å². The number of nitrogens with two attached hydrogens (primary N) is 1. The molecule has 0 unspecified atom stereocenters. The number of benzene rings is 1. The van der Waals surface area contributed by atoms with E-state index in [1.165, 1.54) is 12.3 Å². The minimum Gasteiger partial charge on any atom is -0.365 e. The van der Waals surface area contributed by atoms with Gasteiger partial charge in [0.1, 0.15) is 0 Å². The molecule has 9 nitrogen and oxygen atoms in total. The lowest BCUT2D eigenvalue weighted by molar-refractivity contribution is -0.385. The smallest absolute Gasteiger partial charge is 0.273 e. The van der Waals surface area contributed by atoms with Gasteiger partial charge in [0.2, 0.25) is 0 Å². The zero-order valence-corrected chi connectivity index (χ0v) is 10.1. The number of nitro groups is 1. The molecule has 0 aliphatic carbocycles. The number of nitro benzene ring substituents is 1. The van der Waals surface area contributed by atoms with Crippen LogP contribution in [0.5, 0.6) is 0 Å². The molecule has 1 aromatic heterocycles. The largest absolute Gasteiger partial charge is 0.365 e. The summed E-state index contributed by atoms with van der Waals surface area (Å²) < 4.78 is 0. The van der Waals surface area contributed by atoms with Gasteiger partial charge in [0.25, 0.3) is 11.6 Å². The van der Waals surface area contributed by atoms with Gasteiger partial charge in [0.15, 0.2) is 0 Å². The van der Waals surface area contributed by atoms with Crippen molar-refractivity contribution in [3.05, 3.63) is 39.4 Å². The zero-order valence-electron chi connectivity index (χ0n) is 10.1. The normalized spacial score (nSPS) is 11.0. The second-order valence-corrected chi connectivity index (χ2v) is 3.67. The molecule has 0 aliphatic heterocycles. The van der Waals surface area contributed by atoms with Gasteiger partial charge in [0.05, 0.1) is 11.1 Å². The van der Waals surface area contributed by atoms with Crippen LogP contribution in [0.1, 0.15) is 18.1 Å². The van der Waals surface area contributed by atoms with Gasteiger partial charge in [-0.3, -0.25) is 10.1 Å². The number of hydrogen-bond donors (Lipinski definition) is 1. The first-order valence-electron chi connectivity index (χ1n) is 5.47. The quantitative estimate of drug-likeness (QED) is 0.488. The van der Waals surface area contributed by atoms with E-state index in [-0.39, 0.29) is 11.6 Å². The van der Waals surface area contributed by atoms with E-state index in [4.69, 9.17) is 5.73 Å². The molecular formula is C10H11N7O2. The third-order valence-electron chi connectivity index (χ3n) is 2.48. The van der Waals surface area contributed by atoms with E-state index in [0.29, 0.717) is 17.5 Å². The lowest BCUT2D eigenvalue weighted by Crippen LogP contribution is -2.00. The minimum atomic E-state index is -0.415. The predicted molar refractivity (Wildman–Crippen MR) is 67.7 cm³/mol. The summed E-state index contributed by atoms with van der Waals surface area (Å²) in [6.07, 6.45) is 1.99. The molecule has 0 atom stereocenters. The Labute approximate surface area is 107 Å². The molecule has 0 bridgehead atoms. The Bertz CT molecular complexity index is 635. The number of aromatic nitrogens is 4. The average Bonchev–Trinajstić information content (AvgIpc) is 2.81. The number of nitrogens with zero attached hydrogens (tertiary/aromatic N) is 6. The van der Waals surface area contributed by atoms with Crippen LogP contribution in [0.15, 0.2) is 23.3 Å². The summed E-state index contributed by atoms with van der Waals surface area (Å²) in [5.41, 5.74) is 6.74. The van der Waals surface area contributed by atoms with E-state index in [0.717, 1.165) is 4.79 Å². The number of hydrogen-bond acceptors (Lipinski definition) is 7. The van der Waals surface area contributed by atoms with Crippen molar-refractivity contribution in [3.8, 4) is 0 Å². The number of nitrogen functional groups attached to an aromatic ring is 1. The maximum absolute atomic E-state index is 10.9. The second-order valence-electron chi connectivity index (χ2n) is 3.67. The van der Waals surface area contributed by atoms with Gasteiger partial charge in [-0.25, -0.2) is 0 Å². The number of rotatable bonds is 4. The highest BCUT2D eigenvalue weighted by atomic mass is 16.6. The summed E-state index contributed by atoms with van der Waals surface area (Å²) in [5.74, 6) is 0.0379. The van der Waals surface area contributed by atoms with Crippen molar-refractivity contribution in [2.75, 3.05) is 5.73 Å². The topological polar surface area (TPSA) is 125 Å². The van der Waals surface area contributed by atoms with Crippen molar-refractivity contribution >= 4 is 17.9 Å². The van der Waals surface area contributed by atoms with Crippen molar-refractivity contribution < 1.29 is 4.92 Å². The van der Waals surface area contributed by atoms with Crippen molar-refractivity contribution in [1.82, 2.24) is 20.3 Å². The highest BCUT2D eigenvalue weighted by Crippen LogP contribution is 2.20. The molecular weight excluding hydrogens is 250 g/mol. The monoisotopic (exact) mass is 261 g/mol. The summed E-state index contributed by atoms with van der Waals surface area (Å²) in [5, 5.41) is 25.1. The van der Waals surface area contributed by atoms with E-state index >= 15 is 0 Å². The van der Waals surface area contributed by atoms with Crippen LogP contribution in [-0.2, 0) is 6.42 Å². The first-order valence-corrected chi connectivity index (χ1v) is 5.47. The Morgan fingerprint density at radius 3 is 2.95 bits per heavy atom. The fourth-order valence-electron chi connectivity index (χ4n) is 1.52. The second kappa shape index (κ2) is 5.21. The molecule has 0 radical (unpaired) electrons. The van der Waals surface area contributed by atoms with Crippen molar-refractivity contribution in [1.29, 1.82) is 0 Å². The summed E-state index contributed by atoms with van der Waals surface area (Å²) in [7, 11) is 0. The van der Waals surface area contributed by atoms with E-state index in [1.54, 1.807) is 12.1 Å². The van der Waals surface area contributed by atoms with Crippen LogP contribution in [0.25, 0.3) is 0 Å². The van der Waals surface area contributed by atoms with Crippen LogP contribution in [0.2, 0.25) is 0 Å². The highest BCUT2D eigenvalue weighted by molar-refractivity contribution is 5.81. The number of tetrazole rings is 1. The molecule has 2 N–H and O–H groups in total. The third-order valence-corrected chi connectivity index (χ3v) is 2.48. The van der Waals surface area contributed by atoms with Gasteiger partial charge < -0.3 is 5.73 Å². The zero-order chi connectivity index (χ0) is 13.8. The summed E-state index contributed by atoms with van der Waals surface area (Å²) >= 11 is 0. The Morgan fingerprint density at radius 2 is 2.37 bits per heavy atom. The molecule has 0 spiro atoms. The maximum atomic E-state index is 10.9. The Morgan fingerprint density at radius 1 is 1.58 bits per heavy atom. The standard InChI is InChI=1S/C10H11N7O2/c1-2-8-4-3-7(5-9(8)17(18)19)6-12-16-10(11)13-14-15-16/h3-6H,2H2,1H3,(H2,11,13,15)/b12-6+. The van der Waals surface area contributed by atoms with E-state index in [1.807, 2.05) is 6.92 Å². The molecule has 0 amide bonds. The molecule has 0 saturated heterocycles. The van der Waals surface area contributed by atoms with Crippen LogP contribution in [-0.4, -0.2) is 31.5 Å². The van der Waals surface area contributed by atoms with Crippen LogP contribution in [0.4, 0.5) is 11.6 Å². The summed E-state index contributed by atoms with van der Waals surface area (Å²) in [4.78, 5) is 11.5. The first kappa shape index (κ1) is 12.6. The molecule has 0 saturated carbocycles. The van der Waals surface area contributed by atoms with Crippen LogP contribution in [0.3, 0.4) is 0 Å². The van der Waals surface area contributed by atoms with Crippen LogP contribution >= 0.6 is 0 Å². The molecule has 2 aromatic rings. The Kier molecular flexibility index (Phi) is 3.46. The molecule has 2 rings (SSSR count). The van der Waals surface area contributed by atoms with Crippen molar-refractivity contribution in [2.45, 2.75) is 13.3 Å². The minimum absolute atomic E-state index is 0.0379. The highest BCUT2D eigenvalue weighted by Gasteiger charge is 2.12. The van der Waals surface area contributed by atoms with Crippen LogP contribution < -0.4 is 5.73 Å².